The molecule has 1 aromatic heterocycles. The Labute approximate surface area is 138 Å². The van der Waals surface area contributed by atoms with Gasteiger partial charge in [-0.1, -0.05) is 18.6 Å². The number of amides is 1. The fourth-order valence-corrected chi connectivity index (χ4v) is 3.33. The monoisotopic (exact) mass is 333 g/mol. The number of hydrogen-bond acceptors (Lipinski definition) is 5. The lowest BCUT2D eigenvalue weighted by molar-refractivity contribution is -0.122. The molecule has 1 heterocycles. The summed E-state index contributed by atoms with van der Waals surface area (Å²) >= 11 is 0. The van der Waals surface area contributed by atoms with Gasteiger partial charge in [-0.25, -0.2) is 9.07 Å². The molecule has 8 heteroatoms. The van der Waals surface area contributed by atoms with E-state index in [1.807, 2.05) is 0 Å². The predicted molar refractivity (Wildman–Crippen MR) is 83.2 cm³/mol. The summed E-state index contributed by atoms with van der Waals surface area (Å²) in [4.78, 5) is 12.1. The number of carbonyl (C=O) groups excluding carboxylic acids is 1. The third-order valence-corrected chi connectivity index (χ3v) is 4.66. The van der Waals surface area contributed by atoms with Gasteiger partial charge in [-0.2, -0.15) is 0 Å². The highest BCUT2D eigenvalue weighted by Gasteiger charge is 2.42. The maximum absolute atomic E-state index is 13.1. The largest absolute Gasteiger partial charge is 0.392 e. The summed E-state index contributed by atoms with van der Waals surface area (Å²) in [5.74, 6) is -0.491. The van der Waals surface area contributed by atoms with E-state index in [9.17, 15) is 14.3 Å². The van der Waals surface area contributed by atoms with Crippen LogP contribution in [0.15, 0.2) is 30.6 Å². The van der Waals surface area contributed by atoms with Crippen molar-refractivity contribution in [2.75, 3.05) is 6.54 Å². The third kappa shape index (κ3) is 3.76. The van der Waals surface area contributed by atoms with Gasteiger partial charge in [-0.3, -0.25) is 4.79 Å². The maximum Gasteiger partial charge on any atom is 0.241 e. The summed E-state index contributed by atoms with van der Waals surface area (Å²) in [5.41, 5.74) is 0.528. The van der Waals surface area contributed by atoms with Gasteiger partial charge in [0.25, 0.3) is 0 Å². The molecule has 1 aromatic carbocycles. The molecule has 1 aliphatic rings. The van der Waals surface area contributed by atoms with E-state index in [1.54, 1.807) is 12.1 Å². The Morgan fingerprint density at radius 3 is 2.83 bits per heavy atom. The molecule has 0 unspecified atom stereocenters. The number of nitrogens with one attached hydrogen (secondary N) is 1. The molecule has 3 rings (SSSR count). The minimum Gasteiger partial charge on any atom is -0.392 e. The van der Waals surface area contributed by atoms with Gasteiger partial charge in [0.15, 0.2) is 0 Å². The highest BCUT2D eigenvalue weighted by molar-refractivity contribution is 5.75. The summed E-state index contributed by atoms with van der Waals surface area (Å²) in [5, 5.41) is 24.0. The van der Waals surface area contributed by atoms with Crippen LogP contribution in [-0.4, -0.2) is 43.9 Å². The van der Waals surface area contributed by atoms with Crippen LogP contribution in [0.2, 0.25) is 0 Å². The van der Waals surface area contributed by atoms with Crippen molar-refractivity contribution in [1.82, 2.24) is 25.5 Å². The standard InChI is InChI=1S/C16H20FN5O2/c17-13-5-3-12(4-6-13)8-16(7-1-2-14(16)23)10-18-15(24)9-22-11-19-20-21-22/h3-6,11,14,23H,1-2,7-10H2,(H,18,24)/t14-,16-/m0/s1. The number of aliphatic hydroxyl groups is 1. The number of halogens is 1. The SMILES string of the molecule is O=C(Cn1cnnn1)NC[C@@]1(Cc2ccc(F)cc2)CCC[C@@H]1O. The van der Waals surface area contributed by atoms with Crippen molar-refractivity contribution in [1.29, 1.82) is 0 Å². The average molecular weight is 333 g/mol. The third-order valence-electron chi connectivity index (χ3n) is 4.66. The van der Waals surface area contributed by atoms with Crippen LogP contribution in [0, 0.1) is 11.2 Å². The molecule has 1 saturated carbocycles. The second-order valence-electron chi connectivity index (χ2n) is 6.36. The number of nitrogens with zero attached hydrogens (tertiary/aromatic N) is 4. The van der Waals surface area contributed by atoms with Crippen molar-refractivity contribution in [2.45, 2.75) is 38.3 Å². The number of rotatable bonds is 6. The minimum atomic E-state index is -0.490. The number of carbonyl (C=O) groups is 1. The Kier molecular flexibility index (Phi) is 4.84. The van der Waals surface area contributed by atoms with Crippen molar-refractivity contribution >= 4 is 5.91 Å². The van der Waals surface area contributed by atoms with Gasteiger partial charge < -0.3 is 10.4 Å². The van der Waals surface area contributed by atoms with Crippen molar-refractivity contribution in [3.05, 3.63) is 42.0 Å². The van der Waals surface area contributed by atoms with Gasteiger partial charge in [-0.15, -0.1) is 5.10 Å². The van der Waals surface area contributed by atoms with Crippen molar-refractivity contribution in [3.63, 3.8) is 0 Å². The Bertz CT molecular complexity index is 676. The van der Waals surface area contributed by atoms with Crippen molar-refractivity contribution in [3.8, 4) is 0 Å². The van der Waals surface area contributed by atoms with Crippen LogP contribution in [0.1, 0.15) is 24.8 Å². The molecule has 1 fully saturated rings. The molecule has 2 atom stereocenters. The lowest BCUT2D eigenvalue weighted by Gasteiger charge is -2.33. The summed E-state index contributed by atoms with van der Waals surface area (Å²) in [6.07, 6.45) is 3.92. The first-order valence-electron chi connectivity index (χ1n) is 7.97. The first-order chi connectivity index (χ1) is 11.6. The molecule has 1 amide bonds. The Morgan fingerprint density at radius 2 is 2.21 bits per heavy atom. The molecular weight excluding hydrogens is 313 g/mol. The van der Waals surface area contributed by atoms with E-state index >= 15 is 0 Å². The van der Waals surface area contributed by atoms with Gasteiger partial charge in [-0.05, 0) is 47.4 Å². The first-order valence-corrected chi connectivity index (χ1v) is 7.97. The number of tetrazole rings is 1. The molecule has 2 aromatic rings. The smallest absolute Gasteiger partial charge is 0.241 e. The van der Waals surface area contributed by atoms with Crippen LogP contribution < -0.4 is 5.32 Å². The molecule has 0 radical (unpaired) electrons. The van der Waals surface area contributed by atoms with Crippen LogP contribution in [0.3, 0.4) is 0 Å². The zero-order valence-electron chi connectivity index (χ0n) is 13.2. The molecule has 0 bridgehead atoms. The lowest BCUT2D eigenvalue weighted by Crippen LogP contribution is -2.44. The Balaban J connectivity index is 1.65. The van der Waals surface area contributed by atoms with E-state index in [2.05, 4.69) is 20.8 Å². The second-order valence-corrected chi connectivity index (χ2v) is 6.36. The molecule has 24 heavy (non-hydrogen) atoms. The Hall–Kier alpha value is -2.35. The molecule has 7 nitrogen and oxygen atoms in total. The zero-order chi connectivity index (χ0) is 17.0. The fraction of sp³-hybridized carbons (Fsp3) is 0.500. The van der Waals surface area contributed by atoms with E-state index in [1.165, 1.54) is 23.1 Å². The highest BCUT2D eigenvalue weighted by Crippen LogP contribution is 2.40. The quantitative estimate of drug-likeness (QED) is 0.812. The normalized spacial score (nSPS) is 23.3. The summed E-state index contributed by atoms with van der Waals surface area (Å²) in [6.45, 7) is 0.405. The molecule has 2 N–H and O–H groups in total. The number of hydrogen-bond donors (Lipinski definition) is 2. The topological polar surface area (TPSA) is 92.9 Å². The van der Waals surface area contributed by atoms with Gasteiger partial charge in [0.05, 0.1) is 6.10 Å². The van der Waals surface area contributed by atoms with Crippen LogP contribution in [0.25, 0.3) is 0 Å². The van der Waals surface area contributed by atoms with Crippen molar-refractivity contribution in [2.24, 2.45) is 5.41 Å². The molecule has 0 spiro atoms. The molecule has 128 valence electrons. The van der Waals surface area contributed by atoms with Crippen LogP contribution in [0.4, 0.5) is 4.39 Å². The van der Waals surface area contributed by atoms with Crippen LogP contribution in [0.5, 0.6) is 0 Å². The summed E-state index contributed by atoms with van der Waals surface area (Å²) < 4.78 is 14.4. The first kappa shape index (κ1) is 16.5. The van der Waals surface area contributed by atoms with E-state index in [0.717, 1.165) is 18.4 Å². The zero-order valence-corrected chi connectivity index (χ0v) is 13.2. The van der Waals surface area contributed by atoms with Gasteiger partial charge in [0.1, 0.15) is 18.7 Å². The molecule has 1 aliphatic carbocycles. The number of aromatic nitrogens is 4. The number of benzene rings is 1. The second kappa shape index (κ2) is 7.04. The fourth-order valence-electron chi connectivity index (χ4n) is 3.33. The predicted octanol–water partition coefficient (Wildman–Crippen LogP) is 0.702. The van der Waals surface area contributed by atoms with Gasteiger partial charge in [0, 0.05) is 12.0 Å². The van der Waals surface area contributed by atoms with Gasteiger partial charge in [0.2, 0.25) is 5.91 Å². The van der Waals surface area contributed by atoms with Gasteiger partial charge >= 0.3 is 0 Å². The number of aliphatic hydroxyl groups excluding tert-OH is 1. The van der Waals surface area contributed by atoms with E-state index in [0.29, 0.717) is 19.4 Å². The molecule has 0 saturated heterocycles. The van der Waals surface area contributed by atoms with Crippen LogP contribution in [-0.2, 0) is 17.8 Å². The maximum atomic E-state index is 13.1. The molecular formula is C16H20FN5O2. The lowest BCUT2D eigenvalue weighted by atomic mass is 9.78. The highest BCUT2D eigenvalue weighted by atomic mass is 19.1. The molecule has 0 aliphatic heterocycles. The average Bonchev–Trinajstić information content (AvgIpc) is 3.19. The Morgan fingerprint density at radius 1 is 1.42 bits per heavy atom. The van der Waals surface area contributed by atoms with E-state index in [4.69, 9.17) is 0 Å². The van der Waals surface area contributed by atoms with E-state index in [-0.39, 0.29) is 18.3 Å². The summed E-state index contributed by atoms with van der Waals surface area (Å²) in [6, 6.07) is 6.29. The minimum absolute atomic E-state index is 0.0374. The summed E-state index contributed by atoms with van der Waals surface area (Å²) in [7, 11) is 0. The van der Waals surface area contributed by atoms with Crippen LogP contribution >= 0.6 is 0 Å². The van der Waals surface area contributed by atoms with E-state index < -0.39 is 11.5 Å². The van der Waals surface area contributed by atoms with Crippen molar-refractivity contribution < 1.29 is 14.3 Å².